The van der Waals surface area contributed by atoms with E-state index in [1.807, 2.05) is 6.07 Å². The standard InChI is InChI=1S/C17H15ClN6O2/c1-19-17(26)11-6-8-12(9-7-11)20-15(25)10-24-22-16(21-23-24)13-4-2-3-5-14(13)18/h2-9H,10H2,1H3,(H,19,26)(H,20,25). The maximum atomic E-state index is 12.1. The summed E-state index contributed by atoms with van der Waals surface area (Å²) in [6, 6.07) is 13.7. The fraction of sp³-hybridized carbons (Fsp3) is 0.118. The van der Waals surface area contributed by atoms with Crippen molar-refractivity contribution >= 4 is 29.1 Å². The minimum Gasteiger partial charge on any atom is -0.355 e. The van der Waals surface area contributed by atoms with Crippen LogP contribution in [-0.4, -0.2) is 39.1 Å². The lowest BCUT2D eigenvalue weighted by molar-refractivity contribution is -0.117. The molecule has 3 aromatic rings. The summed E-state index contributed by atoms with van der Waals surface area (Å²) in [4.78, 5) is 24.8. The summed E-state index contributed by atoms with van der Waals surface area (Å²) in [5.74, 6) is -0.166. The van der Waals surface area contributed by atoms with E-state index in [0.29, 0.717) is 27.7 Å². The second kappa shape index (κ2) is 7.75. The first kappa shape index (κ1) is 17.6. The molecule has 0 saturated heterocycles. The molecule has 0 bridgehead atoms. The normalized spacial score (nSPS) is 10.4. The van der Waals surface area contributed by atoms with Gasteiger partial charge in [0.25, 0.3) is 5.91 Å². The topological polar surface area (TPSA) is 102 Å². The molecule has 2 amide bonds. The Morgan fingerprint density at radius 2 is 1.85 bits per heavy atom. The first-order chi connectivity index (χ1) is 12.6. The number of halogens is 1. The van der Waals surface area contributed by atoms with Crippen molar-refractivity contribution in [2.75, 3.05) is 12.4 Å². The zero-order chi connectivity index (χ0) is 18.5. The fourth-order valence-corrected chi connectivity index (χ4v) is 2.46. The summed E-state index contributed by atoms with van der Waals surface area (Å²) < 4.78 is 0. The number of carbonyl (C=O) groups excluding carboxylic acids is 2. The van der Waals surface area contributed by atoms with Crippen LogP contribution in [0.3, 0.4) is 0 Å². The molecule has 0 fully saturated rings. The molecule has 3 rings (SSSR count). The van der Waals surface area contributed by atoms with Crippen LogP contribution < -0.4 is 10.6 Å². The van der Waals surface area contributed by atoms with Crippen LogP contribution in [0.5, 0.6) is 0 Å². The quantitative estimate of drug-likeness (QED) is 0.715. The smallest absolute Gasteiger partial charge is 0.251 e. The van der Waals surface area contributed by atoms with Gasteiger partial charge in [-0.2, -0.15) is 4.80 Å². The highest BCUT2D eigenvalue weighted by molar-refractivity contribution is 6.33. The largest absolute Gasteiger partial charge is 0.355 e. The molecule has 0 aliphatic carbocycles. The molecule has 0 unspecified atom stereocenters. The summed E-state index contributed by atoms with van der Waals surface area (Å²) in [6.45, 7) is -0.103. The van der Waals surface area contributed by atoms with Gasteiger partial charge in [-0.05, 0) is 41.6 Å². The van der Waals surface area contributed by atoms with Gasteiger partial charge in [-0.25, -0.2) is 0 Å². The van der Waals surface area contributed by atoms with Crippen LogP contribution in [0.1, 0.15) is 10.4 Å². The summed E-state index contributed by atoms with van der Waals surface area (Å²) in [7, 11) is 1.56. The van der Waals surface area contributed by atoms with E-state index < -0.39 is 0 Å². The summed E-state index contributed by atoms with van der Waals surface area (Å²) in [5, 5.41) is 17.7. The molecular weight excluding hydrogens is 356 g/mol. The Bertz CT molecular complexity index is 938. The minimum atomic E-state index is -0.319. The lowest BCUT2D eigenvalue weighted by atomic mass is 10.2. The number of nitrogens with zero attached hydrogens (tertiary/aromatic N) is 4. The lowest BCUT2D eigenvalue weighted by Gasteiger charge is -2.05. The number of anilines is 1. The number of benzene rings is 2. The van der Waals surface area contributed by atoms with E-state index in [1.54, 1.807) is 49.5 Å². The zero-order valence-electron chi connectivity index (χ0n) is 13.8. The van der Waals surface area contributed by atoms with Crippen molar-refractivity contribution < 1.29 is 9.59 Å². The number of carbonyl (C=O) groups is 2. The minimum absolute atomic E-state index is 0.103. The van der Waals surface area contributed by atoms with Gasteiger partial charge in [-0.3, -0.25) is 9.59 Å². The van der Waals surface area contributed by atoms with Crippen molar-refractivity contribution in [2.45, 2.75) is 6.54 Å². The molecule has 0 radical (unpaired) electrons. The van der Waals surface area contributed by atoms with Crippen LogP contribution in [0.4, 0.5) is 5.69 Å². The Labute approximate surface area is 154 Å². The number of aromatic nitrogens is 4. The van der Waals surface area contributed by atoms with Crippen LogP contribution in [0.2, 0.25) is 5.02 Å². The number of hydrogen-bond acceptors (Lipinski definition) is 5. The van der Waals surface area contributed by atoms with Gasteiger partial charge in [-0.15, -0.1) is 10.2 Å². The Morgan fingerprint density at radius 1 is 1.12 bits per heavy atom. The van der Waals surface area contributed by atoms with Crippen LogP contribution in [0.25, 0.3) is 11.4 Å². The van der Waals surface area contributed by atoms with Crippen molar-refractivity contribution in [3.63, 3.8) is 0 Å². The van der Waals surface area contributed by atoms with Gasteiger partial charge in [-0.1, -0.05) is 23.7 Å². The molecule has 0 saturated carbocycles. The van der Waals surface area contributed by atoms with E-state index in [2.05, 4.69) is 26.0 Å². The SMILES string of the molecule is CNC(=O)c1ccc(NC(=O)Cn2nnc(-c3ccccc3Cl)n2)cc1. The molecule has 26 heavy (non-hydrogen) atoms. The van der Waals surface area contributed by atoms with E-state index >= 15 is 0 Å². The Balaban J connectivity index is 1.64. The van der Waals surface area contributed by atoms with Crippen LogP contribution in [0.15, 0.2) is 48.5 Å². The monoisotopic (exact) mass is 370 g/mol. The van der Waals surface area contributed by atoms with E-state index in [-0.39, 0.29) is 18.4 Å². The Morgan fingerprint density at radius 3 is 2.54 bits per heavy atom. The zero-order valence-corrected chi connectivity index (χ0v) is 14.6. The second-order valence-corrected chi connectivity index (χ2v) is 5.74. The molecule has 132 valence electrons. The molecule has 2 N–H and O–H groups in total. The van der Waals surface area contributed by atoms with Gasteiger partial charge in [0.1, 0.15) is 6.54 Å². The average Bonchev–Trinajstić information content (AvgIpc) is 3.10. The molecule has 1 aromatic heterocycles. The number of hydrogen-bond donors (Lipinski definition) is 2. The number of tetrazole rings is 1. The highest BCUT2D eigenvalue weighted by Gasteiger charge is 2.12. The highest BCUT2D eigenvalue weighted by Crippen LogP contribution is 2.23. The number of amides is 2. The maximum Gasteiger partial charge on any atom is 0.251 e. The predicted molar refractivity (Wildman–Crippen MR) is 96.7 cm³/mol. The van der Waals surface area contributed by atoms with Crippen molar-refractivity contribution in [3.05, 3.63) is 59.1 Å². The van der Waals surface area contributed by atoms with Crippen LogP contribution in [0, 0.1) is 0 Å². The predicted octanol–water partition coefficient (Wildman–Crippen LogP) is 1.99. The van der Waals surface area contributed by atoms with Crippen LogP contribution >= 0.6 is 11.6 Å². The molecule has 0 aliphatic rings. The molecule has 0 aliphatic heterocycles. The van der Waals surface area contributed by atoms with Gasteiger partial charge < -0.3 is 10.6 Å². The van der Waals surface area contributed by atoms with Crippen molar-refractivity contribution in [1.29, 1.82) is 0 Å². The second-order valence-electron chi connectivity index (χ2n) is 5.33. The highest BCUT2D eigenvalue weighted by atomic mass is 35.5. The fourth-order valence-electron chi connectivity index (χ4n) is 2.24. The first-order valence-corrected chi connectivity index (χ1v) is 8.09. The molecule has 1 heterocycles. The van der Waals surface area contributed by atoms with Gasteiger partial charge in [0.2, 0.25) is 11.7 Å². The third-order valence-electron chi connectivity index (χ3n) is 3.51. The molecule has 8 nitrogen and oxygen atoms in total. The van der Waals surface area contributed by atoms with E-state index in [0.717, 1.165) is 0 Å². The average molecular weight is 371 g/mol. The molecule has 0 atom stereocenters. The Hall–Kier alpha value is -3.26. The van der Waals surface area contributed by atoms with Crippen molar-refractivity contribution in [2.24, 2.45) is 0 Å². The van der Waals surface area contributed by atoms with Gasteiger partial charge in [0, 0.05) is 23.9 Å². The van der Waals surface area contributed by atoms with Crippen LogP contribution in [-0.2, 0) is 11.3 Å². The molecular formula is C17H15ClN6O2. The summed E-state index contributed by atoms with van der Waals surface area (Å²) in [5.41, 5.74) is 1.72. The number of rotatable bonds is 5. The van der Waals surface area contributed by atoms with E-state index in [1.165, 1.54) is 4.80 Å². The Kier molecular flexibility index (Phi) is 5.23. The van der Waals surface area contributed by atoms with Crippen molar-refractivity contribution in [3.8, 4) is 11.4 Å². The third-order valence-corrected chi connectivity index (χ3v) is 3.84. The van der Waals surface area contributed by atoms with Gasteiger partial charge in [0.05, 0.1) is 5.02 Å². The van der Waals surface area contributed by atoms with Gasteiger partial charge >= 0.3 is 0 Å². The first-order valence-electron chi connectivity index (χ1n) is 7.71. The van der Waals surface area contributed by atoms with Crippen molar-refractivity contribution in [1.82, 2.24) is 25.5 Å². The lowest BCUT2D eigenvalue weighted by Crippen LogP contribution is -2.21. The molecule has 0 spiro atoms. The third kappa shape index (κ3) is 4.04. The van der Waals surface area contributed by atoms with E-state index in [9.17, 15) is 9.59 Å². The number of nitrogens with one attached hydrogen (secondary N) is 2. The van der Waals surface area contributed by atoms with E-state index in [4.69, 9.17) is 11.6 Å². The molecule has 2 aromatic carbocycles. The summed E-state index contributed by atoms with van der Waals surface area (Å²) >= 11 is 6.10. The molecule has 9 heteroatoms. The van der Waals surface area contributed by atoms with Gasteiger partial charge in [0.15, 0.2) is 0 Å². The maximum absolute atomic E-state index is 12.1. The summed E-state index contributed by atoms with van der Waals surface area (Å²) in [6.07, 6.45) is 0.